The van der Waals surface area contributed by atoms with Crippen molar-refractivity contribution in [3.8, 4) is 0 Å². The summed E-state index contributed by atoms with van der Waals surface area (Å²) >= 11 is 0. The van der Waals surface area contributed by atoms with Gasteiger partial charge in [-0.25, -0.2) is 18.4 Å². The first kappa shape index (κ1) is 24.6. The van der Waals surface area contributed by atoms with E-state index in [1.54, 1.807) is 0 Å². The number of carbonyl (C=O) groups is 2. The van der Waals surface area contributed by atoms with Crippen LogP contribution in [0.1, 0.15) is 19.3 Å². The lowest BCUT2D eigenvalue weighted by molar-refractivity contribution is -0.193. The monoisotopic (exact) mass is 378 g/mol. The molecule has 1 aliphatic rings. The van der Waals surface area contributed by atoms with Crippen LogP contribution in [0.5, 0.6) is 0 Å². The first-order valence-electron chi connectivity index (χ1n) is 5.92. The molecule has 2 atom stereocenters. The Hall–Kier alpha value is -1.70. The first-order chi connectivity index (χ1) is 10.4. The average molecular weight is 378 g/mol. The van der Waals surface area contributed by atoms with Gasteiger partial charge in [0.2, 0.25) is 0 Å². The van der Waals surface area contributed by atoms with Gasteiger partial charge in [0, 0.05) is 12.5 Å². The Kier molecular flexibility index (Phi) is 9.17. The molecule has 0 aromatic carbocycles. The molecule has 0 radical (unpaired) electrons. The number of hydrogen-bond acceptors (Lipinski definition) is 4. The van der Waals surface area contributed by atoms with Gasteiger partial charge in [-0.1, -0.05) is 0 Å². The van der Waals surface area contributed by atoms with E-state index in [0.717, 1.165) is 0 Å². The van der Waals surface area contributed by atoms with Crippen molar-refractivity contribution in [3.05, 3.63) is 0 Å². The summed E-state index contributed by atoms with van der Waals surface area (Å²) in [6.45, 7) is 0. The molecule has 0 unspecified atom stereocenters. The molecule has 0 saturated heterocycles. The van der Waals surface area contributed by atoms with E-state index in [0.29, 0.717) is 12.8 Å². The standard InChI is InChI=1S/C6H12F2N2.2C2HF3O2/c7-6(8)3-1-2-4(9)5(6)10;2*3-2(4,5)1(6)7/h4-5H,1-3,9-10H2;2*(H,6,7)/t4-,5-;;/m0../s1. The fourth-order valence-corrected chi connectivity index (χ4v) is 1.23. The van der Waals surface area contributed by atoms with Gasteiger partial charge in [0.05, 0.1) is 6.04 Å². The smallest absolute Gasteiger partial charge is 0.475 e. The Balaban J connectivity index is 0. The summed E-state index contributed by atoms with van der Waals surface area (Å²) < 4.78 is 88.8. The predicted molar refractivity (Wildman–Crippen MR) is 62.1 cm³/mol. The molecule has 6 nitrogen and oxygen atoms in total. The second kappa shape index (κ2) is 8.96. The van der Waals surface area contributed by atoms with Gasteiger partial charge in [-0.15, -0.1) is 0 Å². The summed E-state index contributed by atoms with van der Waals surface area (Å²) in [5, 5.41) is 14.2. The van der Waals surface area contributed by atoms with E-state index < -0.39 is 42.3 Å². The topological polar surface area (TPSA) is 127 Å². The Morgan fingerprint density at radius 3 is 1.38 bits per heavy atom. The first-order valence-corrected chi connectivity index (χ1v) is 5.92. The maximum absolute atomic E-state index is 12.6. The summed E-state index contributed by atoms with van der Waals surface area (Å²) in [5.41, 5.74) is 10.5. The normalized spacial score (nSPS) is 23.1. The van der Waals surface area contributed by atoms with Gasteiger partial charge in [0.25, 0.3) is 5.92 Å². The van der Waals surface area contributed by atoms with E-state index in [9.17, 15) is 35.1 Å². The highest BCUT2D eigenvalue weighted by atomic mass is 19.4. The summed E-state index contributed by atoms with van der Waals surface area (Å²) in [4.78, 5) is 17.8. The average Bonchev–Trinajstić information content (AvgIpc) is 2.35. The number of carboxylic acids is 2. The largest absolute Gasteiger partial charge is 0.490 e. The van der Waals surface area contributed by atoms with E-state index in [2.05, 4.69) is 0 Å². The third kappa shape index (κ3) is 10.1. The lowest BCUT2D eigenvalue weighted by Gasteiger charge is -2.32. The lowest BCUT2D eigenvalue weighted by atomic mass is 9.88. The number of nitrogens with two attached hydrogens (primary N) is 2. The van der Waals surface area contributed by atoms with Crippen molar-refractivity contribution in [2.24, 2.45) is 11.5 Å². The number of halogens is 8. The number of carboxylic acid groups (broad SMARTS) is 2. The van der Waals surface area contributed by atoms with Crippen LogP contribution in [-0.2, 0) is 9.59 Å². The zero-order chi connectivity index (χ0) is 19.9. The molecule has 1 rings (SSSR count). The van der Waals surface area contributed by atoms with Crippen LogP contribution in [0.25, 0.3) is 0 Å². The van der Waals surface area contributed by atoms with Crippen molar-refractivity contribution >= 4 is 11.9 Å². The van der Waals surface area contributed by atoms with Crippen molar-refractivity contribution in [1.29, 1.82) is 0 Å². The van der Waals surface area contributed by atoms with Crippen LogP contribution < -0.4 is 11.5 Å². The summed E-state index contributed by atoms with van der Waals surface area (Å²) in [6.07, 6.45) is -9.17. The predicted octanol–water partition coefficient (Wildman–Crippen LogP) is 1.73. The van der Waals surface area contributed by atoms with Crippen molar-refractivity contribution in [3.63, 3.8) is 0 Å². The van der Waals surface area contributed by atoms with Gasteiger partial charge in [-0.05, 0) is 12.8 Å². The molecule has 1 fully saturated rings. The maximum Gasteiger partial charge on any atom is 0.490 e. The number of alkyl halides is 8. The van der Waals surface area contributed by atoms with Crippen LogP contribution in [0, 0.1) is 0 Å². The molecule has 0 heterocycles. The Bertz CT molecular complexity index is 400. The molecular formula is C10H14F8N2O4. The van der Waals surface area contributed by atoms with Crippen LogP contribution >= 0.6 is 0 Å². The fraction of sp³-hybridized carbons (Fsp3) is 0.800. The van der Waals surface area contributed by atoms with Gasteiger partial charge in [-0.2, -0.15) is 26.3 Å². The maximum atomic E-state index is 12.6. The minimum atomic E-state index is -5.08. The van der Waals surface area contributed by atoms with Gasteiger partial charge in [0.1, 0.15) is 0 Å². The second-order valence-electron chi connectivity index (χ2n) is 4.45. The van der Waals surface area contributed by atoms with Crippen LogP contribution in [0.15, 0.2) is 0 Å². The van der Waals surface area contributed by atoms with Crippen LogP contribution in [0.3, 0.4) is 0 Å². The Morgan fingerprint density at radius 1 is 0.917 bits per heavy atom. The fourth-order valence-electron chi connectivity index (χ4n) is 1.23. The van der Waals surface area contributed by atoms with Gasteiger partial charge in [0.15, 0.2) is 0 Å². The van der Waals surface area contributed by atoms with Crippen LogP contribution in [0.4, 0.5) is 35.1 Å². The van der Waals surface area contributed by atoms with E-state index in [1.807, 2.05) is 0 Å². The third-order valence-corrected chi connectivity index (χ3v) is 2.48. The molecule has 1 aliphatic carbocycles. The lowest BCUT2D eigenvalue weighted by Crippen LogP contribution is -2.55. The summed E-state index contributed by atoms with van der Waals surface area (Å²) in [7, 11) is 0. The van der Waals surface area contributed by atoms with Crippen LogP contribution in [0.2, 0.25) is 0 Å². The van der Waals surface area contributed by atoms with Crippen LogP contribution in [-0.4, -0.2) is 52.5 Å². The minimum absolute atomic E-state index is 0.109. The van der Waals surface area contributed by atoms with Gasteiger partial charge < -0.3 is 21.7 Å². The van der Waals surface area contributed by atoms with Crippen molar-refractivity contribution < 1.29 is 54.9 Å². The molecule has 0 spiro atoms. The van der Waals surface area contributed by atoms with E-state index in [1.165, 1.54) is 0 Å². The zero-order valence-electron chi connectivity index (χ0n) is 11.7. The summed E-state index contributed by atoms with van der Waals surface area (Å²) in [5.74, 6) is -8.25. The molecule has 0 aliphatic heterocycles. The number of aliphatic carboxylic acids is 2. The molecule has 1 saturated carbocycles. The van der Waals surface area contributed by atoms with Crippen molar-refractivity contribution in [2.75, 3.05) is 0 Å². The molecule has 24 heavy (non-hydrogen) atoms. The quantitative estimate of drug-likeness (QED) is 0.476. The third-order valence-electron chi connectivity index (χ3n) is 2.48. The number of rotatable bonds is 0. The molecule has 144 valence electrons. The highest BCUT2D eigenvalue weighted by Crippen LogP contribution is 2.31. The molecule has 0 bridgehead atoms. The Morgan fingerprint density at radius 2 is 1.21 bits per heavy atom. The number of hydrogen-bond donors (Lipinski definition) is 4. The van der Waals surface area contributed by atoms with E-state index in [4.69, 9.17) is 31.3 Å². The second-order valence-corrected chi connectivity index (χ2v) is 4.45. The SMILES string of the molecule is N[C@H]1CCCC(F)(F)[C@H]1N.O=C(O)C(F)(F)F.O=C(O)C(F)(F)F. The molecule has 6 N–H and O–H groups in total. The molecule has 0 aromatic rings. The molecular weight excluding hydrogens is 364 g/mol. The highest BCUT2D eigenvalue weighted by Gasteiger charge is 2.43. The van der Waals surface area contributed by atoms with Gasteiger partial charge in [-0.3, -0.25) is 0 Å². The highest BCUT2D eigenvalue weighted by molar-refractivity contribution is 5.73. The van der Waals surface area contributed by atoms with Crippen molar-refractivity contribution in [1.82, 2.24) is 0 Å². The van der Waals surface area contributed by atoms with Gasteiger partial charge >= 0.3 is 24.3 Å². The zero-order valence-corrected chi connectivity index (χ0v) is 11.7. The molecule has 0 amide bonds. The molecule has 14 heteroatoms. The molecule has 0 aromatic heterocycles. The van der Waals surface area contributed by atoms with E-state index >= 15 is 0 Å². The summed E-state index contributed by atoms with van der Waals surface area (Å²) in [6, 6.07) is -1.66. The van der Waals surface area contributed by atoms with Crippen molar-refractivity contribution in [2.45, 2.75) is 49.6 Å². The minimum Gasteiger partial charge on any atom is -0.475 e. The Labute approximate surface area is 129 Å². The van der Waals surface area contributed by atoms with E-state index in [-0.39, 0.29) is 6.42 Å².